The predicted molar refractivity (Wildman–Crippen MR) is 83.0 cm³/mol. The number of hydrogen-bond donors (Lipinski definition) is 0. The number of fused-ring (bicyclic) bond motifs is 1. The largest absolute Gasteiger partial charge is 0.332 e. The minimum Gasteiger partial charge on any atom is -0.280 e. The lowest BCUT2D eigenvalue weighted by molar-refractivity contribution is 0.648. The predicted octanol–water partition coefficient (Wildman–Crippen LogP) is 1.41. The van der Waals surface area contributed by atoms with E-state index < -0.39 is 0 Å². The Morgan fingerprint density at radius 1 is 1.10 bits per heavy atom. The number of thioether (sulfide) groups is 1. The van der Waals surface area contributed by atoms with Crippen molar-refractivity contribution in [3.8, 4) is 0 Å². The van der Waals surface area contributed by atoms with Gasteiger partial charge in [0, 0.05) is 20.0 Å². The van der Waals surface area contributed by atoms with Crippen molar-refractivity contribution in [1.82, 2.24) is 19.1 Å². The third kappa shape index (κ3) is 2.19. The maximum absolute atomic E-state index is 12.4. The summed E-state index contributed by atoms with van der Waals surface area (Å²) in [4.78, 5) is 33.6. The van der Waals surface area contributed by atoms with E-state index >= 15 is 0 Å². The highest BCUT2D eigenvalue weighted by Gasteiger charge is 2.23. The van der Waals surface area contributed by atoms with Crippen molar-refractivity contribution in [1.29, 1.82) is 0 Å². The zero-order chi connectivity index (χ0) is 15.1. The topological polar surface area (TPSA) is 69.8 Å². The van der Waals surface area contributed by atoms with Crippen molar-refractivity contribution in [2.45, 2.75) is 36.6 Å². The molecule has 2 aromatic heterocycles. The van der Waals surface area contributed by atoms with Crippen molar-refractivity contribution in [3.05, 3.63) is 26.7 Å². The Morgan fingerprint density at radius 2 is 1.76 bits per heavy atom. The third-order valence-electron chi connectivity index (χ3n) is 4.20. The Labute approximate surface area is 126 Å². The molecule has 0 atom stereocenters. The standard InChI is InChI=1S/C14H18N4O2S/c1-17-11-9(13(19)18(2)14(17)20)12(21-3)16-10(15-11)8-6-4-5-7-8/h8H,4-7H2,1-3H3. The molecule has 2 aromatic rings. The molecule has 2 heterocycles. The number of aromatic nitrogens is 4. The molecule has 1 fully saturated rings. The summed E-state index contributed by atoms with van der Waals surface area (Å²) in [7, 11) is 3.14. The Hall–Kier alpha value is -1.63. The van der Waals surface area contributed by atoms with E-state index in [0.29, 0.717) is 22.0 Å². The summed E-state index contributed by atoms with van der Waals surface area (Å²) in [6.07, 6.45) is 6.44. The minimum absolute atomic E-state index is 0.324. The summed E-state index contributed by atoms with van der Waals surface area (Å²) in [5.74, 6) is 1.12. The van der Waals surface area contributed by atoms with Gasteiger partial charge in [0.25, 0.3) is 5.56 Å². The average molecular weight is 306 g/mol. The molecule has 0 aliphatic heterocycles. The van der Waals surface area contributed by atoms with Crippen molar-refractivity contribution in [2.75, 3.05) is 6.26 Å². The van der Waals surface area contributed by atoms with Crippen LogP contribution in [0.2, 0.25) is 0 Å². The Bertz CT molecular complexity index is 818. The van der Waals surface area contributed by atoms with E-state index in [4.69, 9.17) is 0 Å². The maximum atomic E-state index is 12.4. The van der Waals surface area contributed by atoms with Gasteiger partial charge in [-0.3, -0.25) is 13.9 Å². The number of rotatable bonds is 2. The minimum atomic E-state index is -0.351. The first-order chi connectivity index (χ1) is 10.0. The first-order valence-corrected chi connectivity index (χ1v) is 8.28. The third-order valence-corrected chi connectivity index (χ3v) is 4.88. The fourth-order valence-corrected chi connectivity index (χ4v) is 3.53. The maximum Gasteiger partial charge on any atom is 0.332 e. The smallest absolute Gasteiger partial charge is 0.280 e. The molecule has 7 heteroatoms. The summed E-state index contributed by atoms with van der Waals surface area (Å²) in [6.45, 7) is 0. The van der Waals surface area contributed by atoms with E-state index in [2.05, 4.69) is 9.97 Å². The lowest BCUT2D eigenvalue weighted by Crippen LogP contribution is -2.38. The highest BCUT2D eigenvalue weighted by atomic mass is 32.2. The second-order valence-electron chi connectivity index (χ2n) is 5.48. The van der Waals surface area contributed by atoms with Crippen LogP contribution in [0.1, 0.15) is 37.4 Å². The van der Waals surface area contributed by atoms with Gasteiger partial charge < -0.3 is 0 Å². The van der Waals surface area contributed by atoms with E-state index in [1.165, 1.54) is 36.2 Å². The normalized spacial score (nSPS) is 16.0. The molecule has 0 bridgehead atoms. The van der Waals surface area contributed by atoms with Crippen molar-refractivity contribution in [2.24, 2.45) is 14.1 Å². The van der Waals surface area contributed by atoms with Crippen LogP contribution in [0.3, 0.4) is 0 Å². The molecule has 21 heavy (non-hydrogen) atoms. The first kappa shape index (κ1) is 14.3. The molecular formula is C14H18N4O2S. The molecule has 112 valence electrons. The number of hydrogen-bond acceptors (Lipinski definition) is 5. The van der Waals surface area contributed by atoms with E-state index in [1.807, 2.05) is 6.26 Å². The van der Waals surface area contributed by atoms with Crippen LogP contribution in [0.4, 0.5) is 0 Å². The molecule has 1 aliphatic carbocycles. The van der Waals surface area contributed by atoms with Crippen LogP contribution in [0.25, 0.3) is 11.0 Å². The molecule has 3 rings (SSSR count). The summed E-state index contributed by atoms with van der Waals surface area (Å²) < 4.78 is 2.55. The fourth-order valence-electron chi connectivity index (χ4n) is 2.96. The monoisotopic (exact) mass is 306 g/mol. The van der Waals surface area contributed by atoms with E-state index in [0.717, 1.165) is 23.2 Å². The highest BCUT2D eigenvalue weighted by Crippen LogP contribution is 2.33. The SMILES string of the molecule is CSc1nc(C2CCCC2)nc2c1c(=O)n(C)c(=O)n2C. The molecular weight excluding hydrogens is 288 g/mol. The van der Waals surface area contributed by atoms with Gasteiger partial charge in [0.05, 0.1) is 0 Å². The van der Waals surface area contributed by atoms with Crippen LogP contribution in [0, 0.1) is 0 Å². The van der Waals surface area contributed by atoms with Crippen LogP contribution in [-0.4, -0.2) is 25.4 Å². The molecule has 0 unspecified atom stereocenters. The van der Waals surface area contributed by atoms with Gasteiger partial charge in [0.1, 0.15) is 16.2 Å². The molecule has 6 nitrogen and oxygen atoms in total. The van der Waals surface area contributed by atoms with Gasteiger partial charge in [0.15, 0.2) is 5.65 Å². The summed E-state index contributed by atoms with van der Waals surface area (Å²) in [5.41, 5.74) is -0.226. The second-order valence-corrected chi connectivity index (χ2v) is 6.27. The molecule has 1 saturated carbocycles. The van der Waals surface area contributed by atoms with Gasteiger partial charge >= 0.3 is 5.69 Å². The highest BCUT2D eigenvalue weighted by molar-refractivity contribution is 7.98. The van der Waals surface area contributed by atoms with Crippen molar-refractivity contribution >= 4 is 22.8 Å². The quantitative estimate of drug-likeness (QED) is 0.620. The zero-order valence-electron chi connectivity index (χ0n) is 12.4. The Balaban J connectivity index is 2.38. The van der Waals surface area contributed by atoms with Gasteiger partial charge in [-0.05, 0) is 19.1 Å². The molecule has 0 amide bonds. The van der Waals surface area contributed by atoms with E-state index in [9.17, 15) is 9.59 Å². The summed E-state index contributed by atoms with van der Waals surface area (Å²) in [6, 6.07) is 0. The molecule has 0 radical (unpaired) electrons. The molecule has 0 saturated heterocycles. The molecule has 0 N–H and O–H groups in total. The zero-order valence-corrected chi connectivity index (χ0v) is 13.2. The summed E-state index contributed by atoms with van der Waals surface area (Å²) >= 11 is 1.43. The van der Waals surface area contributed by atoms with Gasteiger partial charge in [0.2, 0.25) is 0 Å². The Morgan fingerprint density at radius 3 is 2.38 bits per heavy atom. The second kappa shape index (κ2) is 5.29. The van der Waals surface area contributed by atoms with Crippen molar-refractivity contribution < 1.29 is 0 Å². The van der Waals surface area contributed by atoms with Crippen LogP contribution >= 0.6 is 11.8 Å². The van der Waals surface area contributed by atoms with Gasteiger partial charge in [-0.1, -0.05) is 12.8 Å². The van der Waals surface area contributed by atoms with Crippen LogP contribution in [0.15, 0.2) is 14.6 Å². The van der Waals surface area contributed by atoms with Crippen molar-refractivity contribution in [3.63, 3.8) is 0 Å². The number of nitrogens with zero attached hydrogens (tertiary/aromatic N) is 4. The lowest BCUT2D eigenvalue weighted by Gasteiger charge is -2.13. The fraction of sp³-hybridized carbons (Fsp3) is 0.571. The first-order valence-electron chi connectivity index (χ1n) is 7.06. The molecule has 0 aromatic carbocycles. The number of aryl methyl sites for hydroxylation is 1. The molecule has 1 aliphatic rings. The molecule has 0 spiro atoms. The van der Waals surface area contributed by atoms with Crippen LogP contribution in [-0.2, 0) is 14.1 Å². The summed E-state index contributed by atoms with van der Waals surface area (Å²) in [5, 5.41) is 1.10. The van der Waals surface area contributed by atoms with Crippen LogP contribution in [0.5, 0.6) is 0 Å². The van der Waals surface area contributed by atoms with E-state index in [1.54, 1.807) is 7.05 Å². The Kier molecular flexibility index (Phi) is 3.61. The lowest BCUT2D eigenvalue weighted by atomic mass is 10.1. The van der Waals surface area contributed by atoms with Crippen LogP contribution < -0.4 is 11.2 Å². The van der Waals surface area contributed by atoms with Gasteiger partial charge in [-0.2, -0.15) is 0 Å². The van der Waals surface area contributed by atoms with Gasteiger partial charge in [-0.15, -0.1) is 11.8 Å². The van der Waals surface area contributed by atoms with Gasteiger partial charge in [-0.25, -0.2) is 14.8 Å². The average Bonchev–Trinajstić information content (AvgIpc) is 3.03. The van der Waals surface area contributed by atoms with E-state index in [-0.39, 0.29) is 11.2 Å².